The molecular weight excluding hydrogens is 694 g/mol. The first-order valence-corrected chi connectivity index (χ1v) is 18.3. The average molecular weight is 737 g/mol. The van der Waals surface area contributed by atoms with Crippen molar-refractivity contribution >= 4 is 92.2 Å². The standard InChI is InChI=1S/C26H42I2S4/c1-3-5-7-9-11-13-15-17-19-21-23(27)31-25(29-21)26-30-22(24(28)32-26)20-18-16-14-12-10-8-6-4-2/h3-20H2,1-2H3/b26-25+. The molecule has 0 radical (unpaired) electrons. The zero-order chi connectivity index (χ0) is 23.0. The Kier molecular flexibility index (Phi) is 18.2. The van der Waals surface area contributed by atoms with Gasteiger partial charge in [-0.25, -0.2) is 0 Å². The number of thioether (sulfide) groups is 4. The van der Waals surface area contributed by atoms with Crippen LogP contribution in [0.5, 0.6) is 0 Å². The zero-order valence-electron chi connectivity index (χ0n) is 20.1. The van der Waals surface area contributed by atoms with Crippen molar-refractivity contribution < 1.29 is 0 Å². The fourth-order valence-corrected chi connectivity index (χ4v) is 12.5. The third-order valence-corrected chi connectivity index (χ3v) is 14.8. The molecule has 6 heteroatoms. The molecule has 0 N–H and O–H groups in total. The molecule has 2 rings (SSSR count). The van der Waals surface area contributed by atoms with Crippen molar-refractivity contribution in [1.29, 1.82) is 0 Å². The summed E-state index contributed by atoms with van der Waals surface area (Å²) in [4.78, 5) is 3.27. The van der Waals surface area contributed by atoms with E-state index in [1.807, 2.05) is 23.5 Å². The summed E-state index contributed by atoms with van der Waals surface area (Å²) < 4.78 is 6.18. The van der Waals surface area contributed by atoms with Gasteiger partial charge in [-0.3, -0.25) is 0 Å². The van der Waals surface area contributed by atoms with Crippen LogP contribution in [0.15, 0.2) is 24.1 Å². The van der Waals surface area contributed by atoms with E-state index < -0.39 is 0 Å². The molecule has 0 amide bonds. The van der Waals surface area contributed by atoms with Gasteiger partial charge in [0.05, 0.1) is 14.3 Å². The Morgan fingerprint density at radius 1 is 0.438 bits per heavy atom. The molecule has 0 aromatic rings. The van der Waals surface area contributed by atoms with Gasteiger partial charge in [0.1, 0.15) is 0 Å². The lowest BCUT2D eigenvalue weighted by Gasteiger charge is -2.05. The van der Waals surface area contributed by atoms with E-state index in [9.17, 15) is 0 Å². The van der Waals surface area contributed by atoms with E-state index in [2.05, 4.69) is 82.6 Å². The lowest BCUT2D eigenvalue weighted by Crippen LogP contribution is -1.82. The van der Waals surface area contributed by atoms with Gasteiger partial charge in [-0.2, -0.15) is 0 Å². The molecule has 2 heterocycles. The summed E-state index contributed by atoms with van der Waals surface area (Å²) in [5, 5.41) is 0. The molecular formula is C26H42I2S4. The molecule has 0 unspecified atom stereocenters. The maximum Gasteiger partial charge on any atom is 0.0708 e. The quantitative estimate of drug-likeness (QED) is 0.101. The van der Waals surface area contributed by atoms with Gasteiger partial charge in [0.2, 0.25) is 0 Å². The van der Waals surface area contributed by atoms with E-state index in [0.29, 0.717) is 0 Å². The van der Waals surface area contributed by atoms with E-state index in [1.165, 1.54) is 121 Å². The van der Waals surface area contributed by atoms with E-state index in [4.69, 9.17) is 0 Å². The Bertz CT molecular complexity index is 586. The van der Waals surface area contributed by atoms with Crippen LogP contribution in [0.1, 0.15) is 129 Å². The zero-order valence-corrected chi connectivity index (χ0v) is 27.7. The molecule has 0 atom stereocenters. The smallest absolute Gasteiger partial charge is 0.0708 e. The van der Waals surface area contributed by atoms with Crippen molar-refractivity contribution in [2.75, 3.05) is 0 Å². The first-order chi connectivity index (χ1) is 15.7. The highest BCUT2D eigenvalue weighted by molar-refractivity contribution is 14.1. The number of hydrogen-bond acceptors (Lipinski definition) is 4. The summed E-state index contributed by atoms with van der Waals surface area (Å²) in [6, 6.07) is 0. The van der Waals surface area contributed by atoms with E-state index in [1.54, 1.807) is 18.3 Å². The van der Waals surface area contributed by atoms with E-state index in [0.717, 1.165) is 0 Å². The maximum absolute atomic E-state index is 2.59. The molecule has 2 aliphatic heterocycles. The van der Waals surface area contributed by atoms with Crippen molar-refractivity contribution in [3.8, 4) is 0 Å². The molecule has 0 aromatic heterocycles. The van der Waals surface area contributed by atoms with Gasteiger partial charge in [0, 0.05) is 9.81 Å². The van der Waals surface area contributed by atoms with Crippen molar-refractivity contribution in [3.63, 3.8) is 0 Å². The highest BCUT2D eigenvalue weighted by Gasteiger charge is 2.27. The molecule has 0 aromatic carbocycles. The number of unbranched alkanes of at least 4 members (excludes halogenated alkanes) is 14. The minimum Gasteiger partial charge on any atom is -0.0837 e. The van der Waals surface area contributed by atoms with E-state index in [-0.39, 0.29) is 0 Å². The molecule has 0 spiro atoms. The second kappa shape index (κ2) is 19.2. The first kappa shape index (κ1) is 30.3. The molecule has 184 valence electrons. The van der Waals surface area contributed by atoms with Crippen LogP contribution in [0, 0.1) is 0 Å². The fourth-order valence-electron chi connectivity index (χ4n) is 3.93. The topological polar surface area (TPSA) is 0 Å². The van der Waals surface area contributed by atoms with Gasteiger partial charge in [0.25, 0.3) is 0 Å². The molecule has 0 fully saturated rings. The highest BCUT2D eigenvalue weighted by Crippen LogP contribution is 2.63. The largest absolute Gasteiger partial charge is 0.0837 e. The van der Waals surface area contributed by atoms with Crippen LogP contribution >= 0.6 is 92.2 Å². The fraction of sp³-hybridized carbons (Fsp3) is 0.769. The summed E-state index contributed by atoms with van der Waals surface area (Å²) in [7, 11) is 0. The summed E-state index contributed by atoms with van der Waals surface area (Å²) in [5.41, 5.74) is 0. The average Bonchev–Trinajstić information content (AvgIpc) is 3.34. The normalized spacial score (nSPS) is 19.1. The lowest BCUT2D eigenvalue weighted by atomic mass is 10.1. The Hall–Kier alpha value is 2.08. The Morgan fingerprint density at radius 2 is 0.750 bits per heavy atom. The molecule has 32 heavy (non-hydrogen) atoms. The minimum absolute atomic E-state index is 1.28. The molecule has 0 saturated carbocycles. The SMILES string of the molecule is CCCCCCCCCCC1=C(I)S/C(=C2/SC(I)=C(CCCCCCCCCC)S2)S1. The lowest BCUT2D eigenvalue weighted by molar-refractivity contribution is 0.577. The predicted octanol–water partition coefficient (Wildman–Crippen LogP) is 13.3. The summed E-state index contributed by atoms with van der Waals surface area (Å²) >= 11 is 13.4. The van der Waals surface area contributed by atoms with Gasteiger partial charge in [-0.05, 0) is 70.9 Å². The van der Waals surface area contributed by atoms with Gasteiger partial charge in [-0.1, -0.05) is 151 Å². The number of rotatable bonds is 18. The second-order valence-corrected chi connectivity index (χ2v) is 17.2. The minimum atomic E-state index is 1.28. The first-order valence-electron chi connectivity index (χ1n) is 12.9. The second-order valence-electron chi connectivity index (χ2n) is 8.83. The van der Waals surface area contributed by atoms with Gasteiger partial charge < -0.3 is 0 Å². The summed E-state index contributed by atoms with van der Waals surface area (Å²) in [6.45, 7) is 4.60. The molecule has 2 aliphatic rings. The van der Waals surface area contributed by atoms with Crippen molar-refractivity contribution in [1.82, 2.24) is 0 Å². The maximum atomic E-state index is 2.59. The monoisotopic (exact) mass is 736 g/mol. The Morgan fingerprint density at radius 3 is 1.09 bits per heavy atom. The van der Waals surface area contributed by atoms with Crippen LogP contribution in [0.2, 0.25) is 0 Å². The summed E-state index contributed by atoms with van der Waals surface area (Å²) in [5.74, 6) is 0. The van der Waals surface area contributed by atoms with Crippen LogP contribution in [-0.4, -0.2) is 0 Å². The van der Waals surface area contributed by atoms with Crippen LogP contribution in [0.4, 0.5) is 0 Å². The third kappa shape index (κ3) is 12.4. The number of halogens is 2. The van der Waals surface area contributed by atoms with Crippen LogP contribution in [-0.2, 0) is 0 Å². The van der Waals surface area contributed by atoms with Gasteiger partial charge >= 0.3 is 0 Å². The molecule has 0 nitrogen and oxygen atoms in total. The van der Waals surface area contributed by atoms with Crippen molar-refractivity contribution in [2.45, 2.75) is 129 Å². The highest BCUT2D eigenvalue weighted by atomic mass is 127. The number of hydrogen-bond donors (Lipinski definition) is 0. The van der Waals surface area contributed by atoms with Gasteiger partial charge in [-0.15, -0.1) is 0 Å². The summed E-state index contributed by atoms with van der Waals surface area (Å²) in [6.07, 6.45) is 25.1. The molecule has 0 aliphatic carbocycles. The Balaban J connectivity index is 1.61. The van der Waals surface area contributed by atoms with Crippen molar-refractivity contribution in [3.05, 3.63) is 24.1 Å². The molecule has 0 saturated heterocycles. The van der Waals surface area contributed by atoms with Crippen LogP contribution in [0.3, 0.4) is 0 Å². The van der Waals surface area contributed by atoms with Crippen LogP contribution in [0.25, 0.3) is 0 Å². The third-order valence-electron chi connectivity index (χ3n) is 5.92. The number of allylic oxidation sites excluding steroid dienone is 2. The van der Waals surface area contributed by atoms with Crippen molar-refractivity contribution in [2.24, 2.45) is 0 Å². The predicted molar refractivity (Wildman–Crippen MR) is 174 cm³/mol. The molecule has 0 bridgehead atoms. The van der Waals surface area contributed by atoms with E-state index >= 15 is 0 Å². The Labute approximate surface area is 243 Å². The van der Waals surface area contributed by atoms with Crippen LogP contribution < -0.4 is 0 Å². The van der Waals surface area contributed by atoms with Gasteiger partial charge in [0.15, 0.2) is 0 Å².